The lowest BCUT2D eigenvalue weighted by atomic mass is 9.95. The van der Waals surface area contributed by atoms with Gasteiger partial charge in [0.05, 0.1) is 6.54 Å². The van der Waals surface area contributed by atoms with E-state index >= 15 is 0 Å². The first-order valence-electron chi connectivity index (χ1n) is 10.3. The summed E-state index contributed by atoms with van der Waals surface area (Å²) < 4.78 is 0. The highest BCUT2D eigenvalue weighted by Crippen LogP contribution is 2.18. The largest absolute Gasteiger partial charge is 0.376 e. The van der Waals surface area contributed by atoms with Crippen LogP contribution in [0.15, 0.2) is 48.5 Å². The van der Waals surface area contributed by atoms with Gasteiger partial charge in [-0.2, -0.15) is 0 Å². The Morgan fingerprint density at radius 1 is 0.867 bits per heavy atom. The number of nitrogens with one attached hydrogen (secondary N) is 4. The average Bonchev–Trinajstić information content (AvgIpc) is 2.78. The molecule has 1 saturated carbocycles. The number of carbonyl (C=O) groups is 3. The molecule has 0 saturated heterocycles. The molecule has 0 atom stereocenters. The Kier molecular flexibility index (Phi) is 7.43. The molecule has 1 aliphatic carbocycles. The maximum Gasteiger partial charge on any atom is 0.251 e. The number of anilines is 2. The van der Waals surface area contributed by atoms with Crippen molar-refractivity contribution in [1.29, 1.82) is 0 Å². The second kappa shape index (κ2) is 10.4. The van der Waals surface area contributed by atoms with E-state index in [-0.39, 0.29) is 30.3 Å². The molecule has 0 radical (unpaired) electrons. The minimum absolute atomic E-state index is 0.0535. The lowest BCUT2D eigenvalue weighted by molar-refractivity contribution is -0.114. The van der Waals surface area contributed by atoms with Gasteiger partial charge in [-0.05, 0) is 55.3 Å². The standard InChI is InChI=1S/C23H28N4O3/c1-24-22(29)17-6-5-9-20(14-17)26-21(28)15-25-18-12-10-16(11-13-18)23(30)27-19-7-3-2-4-8-19/h5-6,9-14,19,25H,2-4,7-8,15H2,1H3,(H,24,29)(H,26,28)(H,27,30). The fourth-order valence-electron chi connectivity index (χ4n) is 3.53. The molecule has 0 bridgehead atoms. The highest BCUT2D eigenvalue weighted by Gasteiger charge is 2.16. The highest BCUT2D eigenvalue weighted by atomic mass is 16.2. The second-order valence-corrected chi connectivity index (χ2v) is 7.45. The molecule has 0 spiro atoms. The van der Waals surface area contributed by atoms with E-state index in [0.717, 1.165) is 18.5 Å². The fraction of sp³-hybridized carbons (Fsp3) is 0.348. The number of rotatable bonds is 7. The van der Waals surface area contributed by atoms with E-state index in [9.17, 15) is 14.4 Å². The molecular formula is C23H28N4O3. The molecular weight excluding hydrogens is 380 g/mol. The van der Waals surface area contributed by atoms with Crippen molar-refractivity contribution >= 4 is 29.1 Å². The highest BCUT2D eigenvalue weighted by molar-refractivity contribution is 5.98. The Morgan fingerprint density at radius 2 is 1.60 bits per heavy atom. The summed E-state index contributed by atoms with van der Waals surface area (Å²) in [7, 11) is 1.56. The van der Waals surface area contributed by atoms with Gasteiger partial charge in [0.25, 0.3) is 11.8 Å². The van der Waals surface area contributed by atoms with E-state index in [4.69, 9.17) is 0 Å². The molecule has 0 aliphatic heterocycles. The van der Waals surface area contributed by atoms with Crippen LogP contribution in [0.2, 0.25) is 0 Å². The summed E-state index contributed by atoms with van der Waals surface area (Å²) >= 11 is 0. The van der Waals surface area contributed by atoms with E-state index in [2.05, 4.69) is 21.3 Å². The fourth-order valence-corrected chi connectivity index (χ4v) is 3.53. The average molecular weight is 409 g/mol. The Morgan fingerprint density at radius 3 is 2.30 bits per heavy atom. The Hall–Kier alpha value is -3.35. The van der Waals surface area contributed by atoms with Crippen LogP contribution < -0.4 is 21.3 Å². The van der Waals surface area contributed by atoms with Crippen molar-refractivity contribution in [3.63, 3.8) is 0 Å². The van der Waals surface area contributed by atoms with Crippen LogP contribution in [0.25, 0.3) is 0 Å². The van der Waals surface area contributed by atoms with Gasteiger partial charge < -0.3 is 21.3 Å². The molecule has 3 rings (SSSR count). The number of hydrogen-bond donors (Lipinski definition) is 4. The van der Waals surface area contributed by atoms with Crippen molar-refractivity contribution in [3.05, 3.63) is 59.7 Å². The van der Waals surface area contributed by atoms with Gasteiger partial charge in [-0.1, -0.05) is 25.3 Å². The zero-order valence-corrected chi connectivity index (χ0v) is 17.2. The second-order valence-electron chi connectivity index (χ2n) is 7.45. The summed E-state index contributed by atoms with van der Waals surface area (Å²) in [6.45, 7) is 0.0673. The first kappa shape index (κ1) is 21.4. The molecule has 1 fully saturated rings. The predicted octanol–water partition coefficient (Wildman–Crippen LogP) is 3.16. The van der Waals surface area contributed by atoms with Crippen LogP contribution in [-0.2, 0) is 4.79 Å². The summed E-state index contributed by atoms with van der Waals surface area (Å²) in [6, 6.07) is 14.1. The predicted molar refractivity (Wildman–Crippen MR) is 118 cm³/mol. The van der Waals surface area contributed by atoms with Crippen molar-refractivity contribution in [2.75, 3.05) is 24.2 Å². The van der Waals surface area contributed by atoms with E-state index in [0.29, 0.717) is 16.8 Å². The monoisotopic (exact) mass is 408 g/mol. The summed E-state index contributed by atoms with van der Waals surface area (Å²) in [4.78, 5) is 36.2. The summed E-state index contributed by atoms with van der Waals surface area (Å²) in [6.07, 6.45) is 5.69. The van der Waals surface area contributed by atoms with Crippen LogP contribution in [0.1, 0.15) is 52.8 Å². The van der Waals surface area contributed by atoms with Gasteiger partial charge >= 0.3 is 0 Å². The van der Waals surface area contributed by atoms with Gasteiger partial charge in [-0.3, -0.25) is 14.4 Å². The van der Waals surface area contributed by atoms with Crippen LogP contribution in [0.5, 0.6) is 0 Å². The van der Waals surface area contributed by atoms with Crippen LogP contribution in [0, 0.1) is 0 Å². The first-order valence-corrected chi connectivity index (χ1v) is 10.3. The third kappa shape index (κ3) is 6.07. The molecule has 1 aliphatic rings. The van der Waals surface area contributed by atoms with Gasteiger partial charge in [-0.25, -0.2) is 0 Å². The van der Waals surface area contributed by atoms with Crippen molar-refractivity contribution in [2.24, 2.45) is 0 Å². The smallest absolute Gasteiger partial charge is 0.251 e. The van der Waals surface area contributed by atoms with Gasteiger partial charge in [0.2, 0.25) is 5.91 Å². The van der Waals surface area contributed by atoms with E-state index in [1.165, 1.54) is 19.3 Å². The Bertz CT molecular complexity index is 890. The topological polar surface area (TPSA) is 99.3 Å². The van der Waals surface area contributed by atoms with Crippen molar-refractivity contribution in [1.82, 2.24) is 10.6 Å². The summed E-state index contributed by atoms with van der Waals surface area (Å²) in [5, 5.41) is 11.4. The van der Waals surface area contributed by atoms with E-state index < -0.39 is 0 Å². The van der Waals surface area contributed by atoms with E-state index in [1.807, 2.05) is 0 Å². The first-order chi connectivity index (χ1) is 14.5. The molecule has 7 heteroatoms. The van der Waals surface area contributed by atoms with Gasteiger partial charge in [0, 0.05) is 35.6 Å². The molecule has 2 aromatic carbocycles. The third-order valence-corrected chi connectivity index (χ3v) is 5.18. The molecule has 4 N–H and O–H groups in total. The van der Waals surface area contributed by atoms with Gasteiger partial charge in [0.15, 0.2) is 0 Å². The molecule has 0 unspecified atom stereocenters. The molecule has 7 nitrogen and oxygen atoms in total. The van der Waals surface area contributed by atoms with Crippen molar-refractivity contribution in [2.45, 2.75) is 38.1 Å². The molecule has 2 aromatic rings. The minimum atomic E-state index is -0.233. The minimum Gasteiger partial charge on any atom is -0.376 e. The maximum atomic E-state index is 12.4. The SMILES string of the molecule is CNC(=O)c1cccc(NC(=O)CNc2ccc(C(=O)NC3CCCCC3)cc2)c1. The molecule has 0 aromatic heterocycles. The Balaban J connectivity index is 1.48. The zero-order chi connectivity index (χ0) is 21.3. The lowest BCUT2D eigenvalue weighted by Gasteiger charge is -2.22. The summed E-state index contributed by atoms with van der Waals surface area (Å²) in [5.74, 6) is -0.498. The number of benzene rings is 2. The summed E-state index contributed by atoms with van der Waals surface area (Å²) in [5.41, 5.74) is 2.39. The van der Waals surface area contributed by atoms with Gasteiger partial charge in [-0.15, -0.1) is 0 Å². The quantitative estimate of drug-likeness (QED) is 0.565. The van der Waals surface area contributed by atoms with Crippen molar-refractivity contribution in [3.8, 4) is 0 Å². The van der Waals surface area contributed by atoms with Crippen LogP contribution in [-0.4, -0.2) is 37.4 Å². The molecule has 158 valence electrons. The van der Waals surface area contributed by atoms with Gasteiger partial charge in [0.1, 0.15) is 0 Å². The Labute approximate surface area is 176 Å². The third-order valence-electron chi connectivity index (χ3n) is 5.18. The van der Waals surface area contributed by atoms with Crippen LogP contribution >= 0.6 is 0 Å². The van der Waals surface area contributed by atoms with Crippen LogP contribution in [0.3, 0.4) is 0 Å². The zero-order valence-electron chi connectivity index (χ0n) is 17.2. The molecule has 3 amide bonds. The normalized spacial score (nSPS) is 13.9. The molecule has 0 heterocycles. The van der Waals surface area contributed by atoms with Crippen molar-refractivity contribution < 1.29 is 14.4 Å². The van der Waals surface area contributed by atoms with E-state index in [1.54, 1.807) is 55.6 Å². The van der Waals surface area contributed by atoms with Crippen LogP contribution in [0.4, 0.5) is 11.4 Å². The lowest BCUT2D eigenvalue weighted by Crippen LogP contribution is -2.36. The molecule has 30 heavy (non-hydrogen) atoms. The number of amides is 3. The number of hydrogen-bond acceptors (Lipinski definition) is 4. The maximum absolute atomic E-state index is 12.4. The number of carbonyl (C=O) groups excluding carboxylic acids is 3.